The van der Waals surface area contributed by atoms with E-state index in [2.05, 4.69) is 0 Å². The largest absolute Gasteiger partial charge is 0.426 e. The van der Waals surface area contributed by atoms with Gasteiger partial charge in [0.2, 0.25) is 10.0 Å². The van der Waals surface area contributed by atoms with Crippen LogP contribution in [-0.4, -0.2) is 31.8 Å². The van der Waals surface area contributed by atoms with E-state index in [-0.39, 0.29) is 33.9 Å². The Labute approximate surface area is 172 Å². The third-order valence-corrected chi connectivity index (χ3v) is 7.16. The topological polar surface area (TPSA) is 63.7 Å². The molecule has 0 saturated carbocycles. The van der Waals surface area contributed by atoms with Crippen molar-refractivity contribution in [3.63, 3.8) is 0 Å². The molecule has 9 heteroatoms. The molecular weight excluding hydrogens is 433 g/mol. The predicted octanol–water partition coefficient (Wildman–Crippen LogP) is 4.65. The van der Waals surface area contributed by atoms with E-state index < -0.39 is 16.0 Å². The number of ether oxygens (including phenoxy) is 1. The SMILES string of the molecule is O=C(Oc1cccc(Cl)c1)C1CCN(S(=O)(=O)c2cc(Cl)ccc2Cl)CC1. The van der Waals surface area contributed by atoms with Gasteiger partial charge in [-0.2, -0.15) is 4.31 Å². The first-order valence-corrected chi connectivity index (χ1v) is 10.8. The molecule has 1 saturated heterocycles. The van der Waals surface area contributed by atoms with E-state index in [1.54, 1.807) is 24.3 Å². The zero-order valence-electron chi connectivity index (χ0n) is 14.1. The summed E-state index contributed by atoms with van der Waals surface area (Å²) in [6.45, 7) is 0.390. The monoisotopic (exact) mass is 447 g/mol. The van der Waals surface area contributed by atoms with Gasteiger partial charge in [-0.3, -0.25) is 4.79 Å². The molecule has 0 bridgehead atoms. The highest BCUT2D eigenvalue weighted by Crippen LogP contribution is 2.31. The molecule has 144 valence electrons. The molecular formula is C18H16Cl3NO4S. The number of nitrogens with zero attached hydrogens (tertiary/aromatic N) is 1. The van der Waals surface area contributed by atoms with Gasteiger partial charge in [-0.25, -0.2) is 8.42 Å². The summed E-state index contributed by atoms with van der Waals surface area (Å²) < 4.78 is 32.3. The van der Waals surface area contributed by atoms with Crippen LogP contribution in [-0.2, 0) is 14.8 Å². The van der Waals surface area contributed by atoms with Gasteiger partial charge in [0.25, 0.3) is 0 Å². The fraction of sp³-hybridized carbons (Fsp3) is 0.278. The first kappa shape index (κ1) is 20.4. The van der Waals surface area contributed by atoms with Crippen molar-refractivity contribution in [3.05, 3.63) is 57.5 Å². The van der Waals surface area contributed by atoms with Crippen LogP contribution in [0, 0.1) is 5.92 Å². The van der Waals surface area contributed by atoms with Crippen molar-refractivity contribution in [3.8, 4) is 5.75 Å². The molecule has 2 aromatic rings. The third kappa shape index (κ3) is 4.76. The lowest BCUT2D eigenvalue weighted by Crippen LogP contribution is -2.41. The summed E-state index contributed by atoms with van der Waals surface area (Å²) >= 11 is 17.8. The number of hydrogen-bond acceptors (Lipinski definition) is 4. The average molecular weight is 449 g/mol. The maximum absolute atomic E-state index is 12.8. The molecule has 1 fully saturated rings. The zero-order valence-corrected chi connectivity index (χ0v) is 17.2. The van der Waals surface area contributed by atoms with Crippen molar-refractivity contribution in [1.29, 1.82) is 0 Å². The molecule has 3 rings (SSSR count). The van der Waals surface area contributed by atoms with E-state index in [0.29, 0.717) is 23.6 Å². The second-order valence-electron chi connectivity index (χ2n) is 6.13. The first-order chi connectivity index (χ1) is 12.8. The number of carbonyl (C=O) groups is 1. The number of benzene rings is 2. The van der Waals surface area contributed by atoms with Gasteiger partial charge in [0.15, 0.2) is 0 Å². The van der Waals surface area contributed by atoms with Crippen LogP contribution in [0.15, 0.2) is 47.4 Å². The van der Waals surface area contributed by atoms with E-state index in [4.69, 9.17) is 39.5 Å². The van der Waals surface area contributed by atoms with E-state index in [0.717, 1.165) is 0 Å². The van der Waals surface area contributed by atoms with Crippen molar-refractivity contribution in [2.75, 3.05) is 13.1 Å². The number of esters is 1. The van der Waals surface area contributed by atoms with Gasteiger partial charge in [-0.1, -0.05) is 40.9 Å². The summed E-state index contributed by atoms with van der Waals surface area (Å²) in [5, 5.41) is 0.875. The Morgan fingerprint density at radius 1 is 1.00 bits per heavy atom. The van der Waals surface area contributed by atoms with Crippen LogP contribution in [0.4, 0.5) is 0 Å². The van der Waals surface area contributed by atoms with Crippen LogP contribution in [0.2, 0.25) is 15.1 Å². The molecule has 5 nitrogen and oxygen atoms in total. The molecule has 1 aliphatic rings. The number of sulfonamides is 1. The lowest BCUT2D eigenvalue weighted by atomic mass is 9.98. The minimum absolute atomic E-state index is 0.0309. The molecule has 0 amide bonds. The Bertz CT molecular complexity index is 957. The Morgan fingerprint density at radius 3 is 2.33 bits per heavy atom. The number of piperidine rings is 1. The summed E-state index contributed by atoms with van der Waals surface area (Å²) in [5.41, 5.74) is 0. The van der Waals surface area contributed by atoms with E-state index in [1.165, 1.54) is 22.5 Å². The van der Waals surface area contributed by atoms with Crippen LogP contribution in [0.5, 0.6) is 5.75 Å². The Morgan fingerprint density at radius 2 is 1.67 bits per heavy atom. The first-order valence-electron chi connectivity index (χ1n) is 8.20. The Hall–Kier alpha value is -1.31. The highest BCUT2D eigenvalue weighted by Gasteiger charge is 2.34. The van der Waals surface area contributed by atoms with E-state index in [9.17, 15) is 13.2 Å². The lowest BCUT2D eigenvalue weighted by Gasteiger charge is -2.30. The smallest absolute Gasteiger partial charge is 0.314 e. The third-order valence-electron chi connectivity index (χ3n) is 4.31. The predicted molar refractivity (Wildman–Crippen MR) is 105 cm³/mol. The van der Waals surface area contributed by atoms with Crippen LogP contribution in [0.3, 0.4) is 0 Å². The fourth-order valence-corrected chi connectivity index (χ4v) is 5.26. The van der Waals surface area contributed by atoms with Crippen LogP contribution < -0.4 is 4.74 Å². The normalized spacial score (nSPS) is 16.3. The van der Waals surface area contributed by atoms with Gasteiger partial charge in [-0.15, -0.1) is 0 Å². The zero-order chi connectivity index (χ0) is 19.6. The number of rotatable bonds is 4. The maximum atomic E-state index is 12.8. The number of hydrogen-bond donors (Lipinski definition) is 0. The van der Waals surface area contributed by atoms with Crippen molar-refractivity contribution in [2.45, 2.75) is 17.7 Å². The van der Waals surface area contributed by atoms with Gasteiger partial charge in [0.1, 0.15) is 10.6 Å². The molecule has 0 aromatic heterocycles. The molecule has 0 spiro atoms. The average Bonchev–Trinajstić information content (AvgIpc) is 2.63. The molecule has 0 radical (unpaired) electrons. The van der Waals surface area contributed by atoms with Crippen molar-refractivity contribution < 1.29 is 17.9 Å². The van der Waals surface area contributed by atoms with Crippen LogP contribution in [0.1, 0.15) is 12.8 Å². The molecule has 2 aromatic carbocycles. The maximum Gasteiger partial charge on any atom is 0.314 e. The second-order valence-corrected chi connectivity index (χ2v) is 9.32. The van der Waals surface area contributed by atoms with Gasteiger partial charge in [0, 0.05) is 23.1 Å². The van der Waals surface area contributed by atoms with Gasteiger partial charge < -0.3 is 4.74 Å². The molecule has 27 heavy (non-hydrogen) atoms. The summed E-state index contributed by atoms with van der Waals surface area (Å²) in [7, 11) is -3.78. The highest BCUT2D eigenvalue weighted by molar-refractivity contribution is 7.89. The van der Waals surface area contributed by atoms with E-state index >= 15 is 0 Å². The quantitative estimate of drug-likeness (QED) is 0.504. The van der Waals surface area contributed by atoms with Crippen molar-refractivity contribution in [1.82, 2.24) is 4.31 Å². The van der Waals surface area contributed by atoms with Gasteiger partial charge >= 0.3 is 5.97 Å². The minimum Gasteiger partial charge on any atom is -0.426 e. The van der Waals surface area contributed by atoms with Crippen LogP contribution in [0.25, 0.3) is 0 Å². The summed E-state index contributed by atoms with van der Waals surface area (Å²) in [6, 6.07) is 10.9. The van der Waals surface area contributed by atoms with Crippen molar-refractivity contribution >= 4 is 50.8 Å². The molecule has 1 heterocycles. The summed E-state index contributed by atoms with van der Waals surface area (Å²) in [6.07, 6.45) is 0.716. The van der Waals surface area contributed by atoms with Gasteiger partial charge in [0.05, 0.1) is 10.9 Å². The summed E-state index contributed by atoms with van der Waals surface area (Å²) in [4.78, 5) is 12.3. The molecule has 0 aliphatic carbocycles. The molecule has 0 N–H and O–H groups in total. The standard InChI is InChI=1S/C18H16Cl3NO4S/c19-13-2-1-3-15(10-13)26-18(23)12-6-8-22(9-7-12)27(24,25)17-11-14(20)4-5-16(17)21/h1-5,10-12H,6-9H2. The minimum atomic E-state index is -3.78. The molecule has 0 unspecified atom stereocenters. The second kappa shape index (κ2) is 8.37. The van der Waals surface area contributed by atoms with Gasteiger partial charge in [-0.05, 0) is 49.2 Å². The number of carbonyl (C=O) groups excluding carboxylic acids is 1. The lowest BCUT2D eigenvalue weighted by molar-refractivity contribution is -0.140. The molecule has 1 aliphatic heterocycles. The molecule has 0 atom stereocenters. The Kier molecular flexibility index (Phi) is 6.33. The fourth-order valence-electron chi connectivity index (χ4n) is 2.88. The Balaban J connectivity index is 1.66. The van der Waals surface area contributed by atoms with Crippen LogP contribution >= 0.6 is 34.8 Å². The van der Waals surface area contributed by atoms with E-state index in [1.807, 2.05) is 0 Å². The number of halogens is 3. The highest BCUT2D eigenvalue weighted by atomic mass is 35.5. The van der Waals surface area contributed by atoms with Crippen molar-refractivity contribution in [2.24, 2.45) is 5.92 Å². The summed E-state index contributed by atoms with van der Waals surface area (Å²) in [5.74, 6) is -0.409.